The van der Waals surface area contributed by atoms with Gasteiger partial charge in [-0.05, 0) is 67.2 Å². The largest absolute Gasteiger partial charge is 0.536 e. The van der Waals surface area contributed by atoms with E-state index in [1.165, 1.54) is 44.9 Å². The summed E-state index contributed by atoms with van der Waals surface area (Å²) in [7, 11) is 0. The number of nitriles is 2. The summed E-state index contributed by atoms with van der Waals surface area (Å²) < 4.78 is 3.04. The van der Waals surface area contributed by atoms with Crippen LogP contribution in [0.25, 0.3) is 43.3 Å². The lowest BCUT2D eigenvalue weighted by Gasteiger charge is -2.26. The van der Waals surface area contributed by atoms with E-state index in [-0.39, 0.29) is 33.1 Å². The highest BCUT2D eigenvalue weighted by Crippen LogP contribution is 2.38. The lowest BCUT2D eigenvalue weighted by atomic mass is 9.79. The maximum atomic E-state index is 9.94. The summed E-state index contributed by atoms with van der Waals surface area (Å²) in [6.07, 6.45) is 0. The minimum Gasteiger partial charge on any atom is -0.192 e. The van der Waals surface area contributed by atoms with E-state index in [0.717, 1.165) is 31.3 Å². The second-order valence-corrected chi connectivity index (χ2v) is 18.6. The Labute approximate surface area is 294 Å². The first kappa shape index (κ1) is 36.4. The standard InChI is InChI=1S/C42H44N4S2/c1-39(2,3)28-15-25(16-29(19-28)40(4,5)6)32-21-34(27(23-43)24-44)47-36(32)37-33(22-35(48-37)38(45-13)46-14)26-17-30(41(7,8)9)20-31(18-26)42(10,11)12/h15-22H,1-12H3/b37-36+. The minimum atomic E-state index is -0.112. The molecule has 0 N–H and O–H groups in total. The topological polar surface area (TPSA) is 56.3 Å². The van der Waals surface area contributed by atoms with Gasteiger partial charge in [-0.3, -0.25) is 0 Å². The highest BCUT2D eigenvalue weighted by molar-refractivity contribution is 7.12. The maximum absolute atomic E-state index is 9.94. The molecule has 0 fully saturated rings. The van der Waals surface area contributed by atoms with Gasteiger partial charge in [0.25, 0.3) is 0 Å². The minimum absolute atomic E-state index is 0.0277. The van der Waals surface area contributed by atoms with Crippen LogP contribution in [0, 0.1) is 44.9 Å². The number of hydrogen-bond donors (Lipinski definition) is 0. The lowest BCUT2D eigenvalue weighted by molar-refractivity contribution is 0.568. The molecule has 48 heavy (non-hydrogen) atoms. The summed E-state index contributed by atoms with van der Waals surface area (Å²) in [4.78, 5) is 7.17. The third kappa shape index (κ3) is 7.48. The van der Waals surface area contributed by atoms with Gasteiger partial charge in [0.15, 0.2) is 0 Å². The van der Waals surface area contributed by atoms with Crippen LogP contribution < -0.4 is 9.06 Å². The molecule has 0 bridgehead atoms. The Morgan fingerprint density at radius 3 is 1.12 bits per heavy atom. The molecule has 0 saturated heterocycles. The third-order valence-electron chi connectivity index (χ3n) is 8.52. The fraction of sp³-hybridized carbons (Fsp3) is 0.381. The molecule has 4 rings (SSSR count). The van der Waals surface area contributed by atoms with E-state index in [9.17, 15) is 10.5 Å². The van der Waals surface area contributed by atoms with Crippen molar-refractivity contribution in [1.82, 2.24) is 0 Å². The molecule has 0 aliphatic heterocycles. The van der Waals surface area contributed by atoms with E-state index in [1.54, 1.807) is 0 Å². The maximum Gasteiger partial charge on any atom is 0.536 e. The average molecular weight is 669 g/mol. The molecule has 0 atom stereocenters. The van der Waals surface area contributed by atoms with Crippen LogP contribution in [0.1, 0.15) is 105 Å². The van der Waals surface area contributed by atoms with Crippen molar-refractivity contribution < 1.29 is 0 Å². The Hall–Kier alpha value is -4.46. The van der Waals surface area contributed by atoms with Crippen molar-refractivity contribution in [3.8, 4) is 34.4 Å². The fourth-order valence-corrected chi connectivity index (χ4v) is 7.75. The van der Waals surface area contributed by atoms with E-state index in [1.807, 2.05) is 12.1 Å². The predicted molar refractivity (Wildman–Crippen MR) is 202 cm³/mol. The van der Waals surface area contributed by atoms with E-state index < -0.39 is 0 Å². The van der Waals surface area contributed by atoms with Crippen molar-refractivity contribution in [2.45, 2.75) is 105 Å². The average Bonchev–Trinajstić information content (AvgIpc) is 3.62. The molecule has 244 valence electrons. The van der Waals surface area contributed by atoms with Crippen LogP contribution in [0.2, 0.25) is 0 Å². The van der Waals surface area contributed by atoms with Crippen LogP contribution >= 0.6 is 22.7 Å². The second-order valence-electron chi connectivity index (χ2n) is 16.5. The lowest BCUT2D eigenvalue weighted by Crippen LogP contribution is -2.16. The van der Waals surface area contributed by atoms with Gasteiger partial charge in [-0.25, -0.2) is 0 Å². The van der Waals surface area contributed by atoms with Crippen LogP contribution in [-0.4, -0.2) is 0 Å². The van der Waals surface area contributed by atoms with Gasteiger partial charge in [0.05, 0.1) is 13.6 Å². The Morgan fingerprint density at radius 2 is 0.833 bits per heavy atom. The molecule has 0 spiro atoms. The second kappa shape index (κ2) is 12.9. The van der Waals surface area contributed by atoms with Crippen LogP contribution in [-0.2, 0) is 21.7 Å². The first-order chi connectivity index (χ1) is 22.1. The molecule has 2 aromatic heterocycles. The number of rotatable bonds is 2. The van der Waals surface area contributed by atoms with Crippen molar-refractivity contribution >= 4 is 34.1 Å². The van der Waals surface area contributed by atoms with Crippen LogP contribution in [0.5, 0.6) is 0 Å². The molecular formula is C42H44N4S2. The summed E-state index contributed by atoms with van der Waals surface area (Å²) in [5, 5.41) is 19.9. The molecule has 4 nitrogen and oxygen atoms in total. The number of hydrogen-bond acceptors (Lipinski definition) is 4. The molecule has 0 amide bonds. The van der Waals surface area contributed by atoms with Crippen LogP contribution in [0.4, 0.5) is 0 Å². The van der Waals surface area contributed by atoms with Crippen molar-refractivity contribution in [1.29, 1.82) is 10.5 Å². The summed E-state index contributed by atoms with van der Waals surface area (Å²) in [6, 6.07) is 21.6. The van der Waals surface area contributed by atoms with Crippen molar-refractivity contribution in [3.63, 3.8) is 0 Å². The summed E-state index contributed by atoms with van der Waals surface area (Å²) in [6.45, 7) is 42.1. The van der Waals surface area contributed by atoms with Crippen molar-refractivity contribution in [2.24, 2.45) is 0 Å². The van der Waals surface area contributed by atoms with Gasteiger partial charge in [-0.2, -0.15) is 20.2 Å². The molecular weight excluding hydrogens is 625 g/mol. The summed E-state index contributed by atoms with van der Waals surface area (Å²) in [5.41, 5.74) is 8.31. The van der Waals surface area contributed by atoms with Gasteiger partial charge in [0.2, 0.25) is 0 Å². The first-order valence-corrected chi connectivity index (χ1v) is 17.7. The zero-order valence-corrected chi connectivity index (χ0v) is 31.9. The molecule has 2 aromatic carbocycles. The molecule has 0 radical (unpaired) electrons. The molecule has 0 saturated carbocycles. The van der Waals surface area contributed by atoms with Crippen molar-refractivity contribution in [2.75, 3.05) is 0 Å². The molecule has 0 unspecified atom stereocenters. The van der Waals surface area contributed by atoms with Crippen LogP contribution in [0.15, 0.2) is 48.5 Å². The third-order valence-corrected chi connectivity index (χ3v) is 11.0. The Kier molecular flexibility index (Phi) is 9.75. The van der Waals surface area contributed by atoms with Gasteiger partial charge >= 0.3 is 5.82 Å². The normalized spacial score (nSPS) is 12.8. The van der Waals surface area contributed by atoms with Gasteiger partial charge in [0.1, 0.15) is 35.4 Å². The molecule has 4 aromatic rings. The fourth-order valence-electron chi connectivity index (χ4n) is 5.35. The Bertz CT molecular complexity index is 2050. The zero-order valence-electron chi connectivity index (χ0n) is 30.2. The van der Waals surface area contributed by atoms with E-state index in [4.69, 9.17) is 13.1 Å². The van der Waals surface area contributed by atoms with E-state index in [0.29, 0.717) is 9.06 Å². The molecule has 0 aliphatic carbocycles. The number of nitrogens with zero attached hydrogens (tertiary/aromatic N) is 4. The quantitative estimate of drug-likeness (QED) is 0.200. The van der Waals surface area contributed by atoms with Gasteiger partial charge in [0, 0.05) is 11.1 Å². The van der Waals surface area contributed by atoms with E-state index >= 15 is 0 Å². The summed E-state index contributed by atoms with van der Waals surface area (Å²) in [5.74, 6) is 0.0277. The highest BCUT2D eigenvalue weighted by atomic mass is 32.1. The molecule has 0 aliphatic rings. The number of thiophene rings is 2. The van der Waals surface area contributed by atoms with Gasteiger partial charge in [-0.15, -0.1) is 22.7 Å². The predicted octanol–water partition coefficient (Wildman–Crippen LogP) is 10.7. The SMILES string of the molecule is [C-]#[N+]C([N+]#[C-])=c1cc(-c2cc(C(C)(C)C)cc(C(C)(C)C)c2)/c(=c2\sc(=C(C#N)C#N)cc2-c2cc(C(C)(C)C)cc(C(C)(C)C)c2)s1. The van der Waals surface area contributed by atoms with Gasteiger partial charge in [-0.1, -0.05) is 119 Å². The highest BCUT2D eigenvalue weighted by Gasteiger charge is 2.24. The number of benzene rings is 2. The van der Waals surface area contributed by atoms with Crippen LogP contribution in [0.3, 0.4) is 0 Å². The van der Waals surface area contributed by atoms with E-state index in [2.05, 4.69) is 141 Å². The zero-order chi connectivity index (χ0) is 36.0. The van der Waals surface area contributed by atoms with Gasteiger partial charge < -0.3 is 0 Å². The molecule has 2 heterocycles. The van der Waals surface area contributed by atoms with Crippen molar-refractivity contribution in [3.05, 3.63) is 112 Å². The Balaban J connectivity index is 2.38. The monoisotopic (exact) mass is 668 g/mol. The molecule has 6 heteroatoms. The Morgan fingerprint density at radius 1 is 0.521 bits per heavy atom. The first-order valence-electron chi connectivity index (χ1n) is 16.0. The summed E-state index contributed by atoms with van der Waals surface area (Å²) >= 11 is 2.85. The smallest absolute Gasteiger partial charge is 0.192 e.